The van der Waals surface area contributed by atoms with E-state index in [2.05, 4.69) is 11.4 Å². The summed E-state index contributed by atoms with van der Waals surface area (Å²) in [4.78, 5) is 0. The topological polar surface area (TPSA) is 41.5 Å². The first-order chi connectivity index (χ1) is 10.1. The van der Waals surface area contributed by atoms with Gasteiger partial charge in [-0.25, -0.2) is 0 Å². The summed E-state index contributed by atoms with van der Waals surface area (Å²) in [5.41, 5.74) is 0.632. The lowest BCUT2D eigenvalue weighted by atomic mass is 9.94. The van der Waals surface area contributed by atoms with Gasteiger partial charge in [-0.15, -0.1) is 0 Å². The van der Waals surface area contributed by atoms with E-state index in [0.717, 1.165) is 43.5 Å². The summed E-state index contributed by atoms with van der Waals surface area (Å²) in [6.07, 6.45) is 6.82. The standard InChI is InChI=1S/C18H29NO2/c1-15(2)21-17-10-6-5-9-16(17)13-19-14-18(20)11-7-3-4-8-12-18/h5-6,9-10,15,19-20H,3-4,7-8,11-14H2,1-2H3. The van der Waals surface area contributed by atoms with Crippen LogP contribution in [0.25, 0.3) is 0 Å². The van der Waals surface area contributed by atoms with Gasteiger partial charge >= 0.3 is 0 Å². The van der Waals surface area contributed by atoms with Gasteiger partial charge in [0.05, 0.1) is 11.7 Å². The van der Waals surface area contributed by atoms with E-state index in [-0.39, 0.29) is 6.10 Å². The highest BCUT2D eigenvalue weighted by Crippen LogP contribution is 2.26. The van der Waals surface area contributed by atoms with Gasteiger partial charge in [-0.1, -0.05) is 43.9 Å². The van der Waals surface area contributed by atoms with Crippen LogP contribution in [-0.2, 0) is 6.54 Å². The zero-order valence-corrected chi connectivity index (χ0v) is 13.4. The number of hydrogen-bond donors (Lipinski definition) is 2. The molecule has 1 aliphatic carbocycles. The highest BCUT2D eigenvalue weighted by Gasteiger charge is 2.27. The van der Waals surface area contributed by atoms with Crippen LogP contribution in [0.2, 0.25) is 0 Å². The van der Waals surface area contributed by atoms with E-state index in [0.29, 0.717) is 6.54 Å². The normalized spacial score (nSPS) is 18.5. The molecule has 0 amide bonds. The Morgan fingerprint density at radius 2 is 1.81 bits per heavy atom. The van der Waals surface area contributed by atoms with Crippen LogP contribution in [-0.4, -0.2) is 23.4 Å². The second-order valence-electron chi connectivity index (χ2n) is 6.52. The SMILES string of the molecule is CC(C)Oc1ccccc1CNCC1(O)CCCCCC1. The molecule has 1 aromatic carbocycles. The van der Waals surface area contributed by atoms with Crippen LogP contribution < -0.4 is 10.1 Å². The van der Waals surface area contributed by atoms with E-state index < -0.39 is 5.60 Å². The third kappa shape index (κ3) is 5.33. The molecule has 0 radical (unpaired) electrons. The second kappa shape index (κ2) is 7.81. The highest BCUT2D eigenvalue weighted by atomic mass is 16.5. The Morgan fingerprint density at radius 3 is 2.48 bits per heavy atom. The molecule has 0 saturated heterocycles. The molecule has 2 rings (SSSR count). The molecule has 0 unspecified atom stereocenters. The number of hydrogen-bond acceptors (Lipinski definition) is 3. The van der Waals surface area contributed by atoms with Crippen LogP contribution in [0.15, 0.2) is 24.3 Å². The molecular weight excluding hydrogens is 262 g/mol. The van der Waals surface area contributed by atoms with Gasteiger partial charge in [0.2, 0.25) is 0 Å². The fraction of sp³-hybridized carbons (Fsp3) is 0.667. The van der Waals surface area contributed by atoms with Crippen LogP contribution in [0.4, 0.5) is 0 Å². The molecule has 0 bridgehead atoms. The van der Waals surface area contributed by atoms with Crippen molar-refractivity contribution in [3.8, 4) is 5.75 Å². The zero-order chi connectivity index (χ0) is 15.1. The zero-order valence-electron chi connectivity index (χ0n) is 13.4. The summed E-state index contributed by atoms with van der Waals surface area (Å²) in [6.45, 7) is 5.49. The third-order valence-corrected chi connectivity index (χ3v) is 4.14. The number of para-hydroxylation sites is 1. The second-order valence-corrected chi connectivity index (χ2v) is 6.52. The Labute approximate surface area is 128 Å². The molecule has 0 spiro atoms. The first-order valence-electron chi connectivity index (χ1n) is 8.27. The molecular formula is C18H29NO2. The maximum absolute atomic E-state index is 10.7. The van der Waals surface area contributed by atoms with Crippen molar-refractivity contribution in [1.29, 1.82) is 0 Å². The van der Waals surface area contributed by atoms with Crippen LogP contribution in [0, 0.1) is 0 Å². The van der Waals surface area contributed by atoms with Gasteiger partial charge in [0.15, 0.2) is 0 Å². The van der Waals surface area contributed by atoms with Crippen LogP contribution >= 0.6 is 0 Å². The molecule has 0 aliphatic heterocycles. The minimum absolute atomic E-state index is 0.178. The van der Waals surface area contributed by atoms with Gasteiger partial charge < -0.3 is 15.2 Å². The average molecular weight is 291 g/mol. The Hall–Kier alpha value is -1.06. The Kier molecular flexibility index (Phi) is 6.07. The van der Waals surface area contributed by atoms with E-state index in [1.807, 2.05) is 32.0 Å². The van der Waals surface area contributed by atoms with E-state index in [9.17, 15) is 5.11 Å². The molecule has 3 heteroatoms. The maximum Gasteiger partial charge on any atom is 0.124 e. The van der Waals surface area contributed by atoms with E-state index in [1.54, 1.807) is 0 Å². The lowest BCUT2D eigenvalue weighted by Crippen LogP contribution is -2.39. The van der Waals surface area contributed by atoms with E-state index in [1.165, 1.54) is 12.8 Å². The lowest BCUT2D eigenvalue weighted by molar-refractivity contribution is 0.0250. The molecule has 21 heavy (non-hydrogen) atoms. The summed E-state index contributed by atoms with van der Waals surface area (Å²) in [7, 11) is 0. The van der Waals surface area contributed by atoms with Gasteiger partial charge in [-0.3, -0.25) is 0 Å². The van der Waals surface area contributed by atoms with E-state index in [4.69, 9.17) is 4.74 Å². The predicted octanol–water partition coefficient (Wildman–Crippen LogP) is 3.65. The minimum atomic E-state index is -0.523. The van der Waals surface area contributed by atoms with Gasteiger partial charge in [-0.2, -0.15) is 0 Å². The molecule has 1 aliphatic rings. The van der Waals surface area contributed by atoms with Crippen molar-refractivity contribution in [1.82, 2.24) is 5.32 Å². The molecule has 0 heterocycles. The summed E-state index contributed by atoms with van der Waals surface area (Å²) < 4.78 is 5.83. The molecule has 1 saturated carbocycles. The monoisotopic (exact) mass is 291 g/mol. The molecule has 3 nitrogen and oxygen atoms in total. The maximum atomic E-state index is 10.7. The number of benzene rings is 1. The van der Waals surface area contributed by atoms with E-state index >= 15 is 0 Å². The predicted molar refractivity (Wildman–Crippen MR) is 86.6 cm³/mol. The molecule has 0 atom stereocenters. The molecule has 2 N–H and O–H groups in total. The van der Waals surface area contributed by atoms with Crippen LogP contribution in [0.1, 0.15) is 57.9 Å². The number of rotatable bonds is 6. The quantitative estimate of drug-likeness (QED) is 0.786. The molecule has 118 valence electrons. The lowest BCUT2D eigenvalue weighted by Gasteiger charge is -2.27. The van der Waals surface area contributed by atoms with Gasteiger partial charge in [0.25, 0.3) is 0 Å². The highest BCUT2D eigenvalue weighted by molar-refractivity contribution is 5.33. The van der Waals surface area contributed by atoms with Crippen molar-refractivity contribution in [2.24, 2.45) is 0 Å². The Balaban J connectivity index is 1.88. The van der Waals surface area contributed by atoms with Crippen LogP contribution in [0.5, 0.6) is 5.75 Å². The number of nitrogens with one attached hydrogen (secondary N) is 1. The van der Waals surface area contributed by atoms with Gasteiger partial charge in [0, 0.05) is 18.7 Å². The van der Waals surface area contributed by atoms with Crippen molar-refractivity contribution >= 4 is 0 Å². The van der Waals surface area contributed by atoms with Crippen molar-refractivity contribution < 1.29 is 9.84 Å². The fourth-order valence-corrected chi connectivity index (χ4v) is 3.01. The van der Waals surface area contributed by atoms with Crippen molar-refractivity contribution in [2.75, 3.05) is 6.54 Å². The van der Waals surface area contributed by atoms with Gasteiger partial charge in [0.1, 0.15) is 5.75 Å². The average Bonchev–Trinajstić information content (AvgIpc) is 2.65. The summed E-state index contributed by atoms with van der Waals surface area (Å²) in [5, 5.41) is 14.1. The van der Waals surface area contributed by atoms with Crippen molar-refractivity contribution in [3.63, 3.8) is 0 Å². The summed E-state index contributed by atoms with van der Waals surface area (Å²) in [6, 6.07) is 8.13. The van der Waals surface area contributed by atoms with Crippen molar-refractivity contribution in [2.45, 2.75) is 70.6 Å². The molecule has 1 fully saturated rings. The molecule has 0 aromatic heterocycles. The largest absolute Gasteiger partial charge is 0.491 e. The first-order valence-corrected chi connectivity index (χ1v) is 8.27. The Morgan fingerprint density at radius 1 is 1.14 bits per heavy atom. The molecule has 1 aromatic rings. The summed E-state index contributed by atoms with van der Waals surface area (Å²) >= 11 is 0. The first kappa shape index (κ1) is 16.3. The Bertz CT molecular complexity index is 423. The fourth-order valence-electron chi connectivity index (χ4n) is 3.01. The number of ether oxygens (including phenoxy) is 1. The smallest absolute Gasteiger partial charge is 0.124 e. The van der Waals surface area contributed by atoms with Gasteiger partial charge in [-0.05, 0) is 32.8 Å². The van der Waals surface area contributed by atoms with Crippen LogP contribution in [0.3, 0.4) is 0 Å². The van der Waals surface area contributed by atoms with Crippen molar-refractivity contribution in [3.05, 3.63) is 29.8 Å². The minimum Gasteiger partial charge on any atom is -0.491 e. The third-order valence-electron chi connectivity index (χ3n) is 4.14. The summed E-state index contributed by atoms with van der Waals surface area (Å²) in [5.74, 6) is 0.938. The number of aliphatic hydroxyl groups is 1.